The smallest absolute Gasteiger partial charge is 0.234 e. The highest BCUT2D eigenvalue weighted by Gasteiger charge is 2.25. The first-order valence-corrected chi connectivity index (χ1v) is 6.71. The predicted octanol–water partition coefficient (Wildman–Crippen LogP) is 1.97. The topological polar surface area (TPSA) is 55.1 Å². The van der Waals surface area contributed by atoms with Crippen molar-refractivity contribution in [3.8, 4) is 0 Å². The van der Waals surface area contributed by atoms with Crippen LogP contribution in [0.1, 0.15) is 30.7 Å². The summed E-state index contributed by atoms with van der Waals surface area (Å²) in [5.74, 6) is 0.0404. The zero-order valence-electron chi connectivity index (χ0n) is 10.3. The van der Waals surface area contributed by atoms with Crippen molar-refractivity contribution in [3.05, 3.63) is 35.9 Å². The molecule has 1 saturated carbocycles. The van der Waals surface area contributed by atoms with E-state index in [1.54, 1.807) is 0 Å². The molecule has 1 aromatic rings. The summed E-state index contributed by atoms with van der Waals surface area (Å²) < 4.78 is 0. The second kappa shape index (κ2) is 5.96. The Morgan fingerprint density at radius 2 is 2.06 bits per heavy atom. The van der Waals surface area contributed by atoms with Crippen LogP contribution >= 0.6 is 12.2 Å². The number of benzene rings is 1. The molecule has 3 N–H and O–H groups in total. The van der Waals surface area contributed by atoms with Crippen LogP contribution in [-0.4, -0.2) is 17.4 Å². The zero-order chi connectivity index (χ0) is 13.0. The Bertz CT molecular complexity index is 429. The van der Waals surface area contributed by atoms with Gasteiger partial charge in [0.1, 0.15) is 5.92 Å². The van der Waals surface area contributed by atoms with Gasteiger partial charge in [0.05, 0.1) is 4.99 Å². The molecule has 1 fully saturated rings. The van der Waals surface area contributed by atoms with Gasteiger partial charge in [0.15, 0.2) is 0 Å². The van der Waals surface area contributed by atoms with Crippen LogP contribution in [0.25, 0.3) is 0 Å². The van der Waals surface area contributed by atoms with Gasteiger partial charge in [0.2, 0.25) is 5.91 Å². The first-order valence-electron chi connectivity index (χ1n) is 6.30. The highest BCUT2D eigenvalue weighted by atomic mass is 32.1. The van der Waals surface area contributed by atoms with E-state index in [0.717, 1.165) is 12.1 Å². The normalized spacial score (nSPS) is 16.7. The summed E-state index contributed by atoms with van der Waals surface area (Å²) in [4.78, 5) is 12.4. The summed E-state index contributed by atoms with van der Waals surface area (Å²) in [5.41, 5.74) is 6.55. The van der Waals surface area contributed by atoms with Crippen molar-refractivity contribution in [2.75, 3.05) is 6.54 Å². The van der Waals surface area contributed by atoms with Crippen molar-refractivity contribution >= 4 is 23.1 Å². The van der Waals surface area contributed by atoms with Gasteiger partial charge in [0.25, 0.3) is 0 Å². The molecule has 1 amide bonds. The average Bonchev–Trinajstić information content (AvgIpc) is 2.28. The molecule has 2 rings (SSSR count). The number of nitrogens with one attached hydrogen (secondary N) is 1. The number of carbonyl (C=O) groups is 1. The van der Waals surface area contributed by atoms with E-state index >= 15 is 0 Å². The summed E-state index contributed by atoms with van der Waals surface area (Å²) in [5, 5.41) is 2.96. The van der Waals surface area contributed by atoms with Crippen molar-refractivity contribution in [3.63, 3.8) is 0 Å². The monoisotopic (exact) mass is 262 g/mol. The molecule has 1 aliphatic carbocycles. The van der Waals surface area contributed by atoms with Crippen molar-refractivity contribution in [2.24, 2.45) is 11.7 Å². The Morgan fingerprint density at radius 3 is 2.56 bits per heavy atom. The van der Waals surface area contributed by atoms with Gasteiger partial charge in [-0.25, -0.2) is 0 Å². The Kier molecular flexibility index (Phi) is 4.31. The van der Waals surface area contributed by atoms with E-state index in [2.05, 4.69) is 5.32 Å². The van der Waals surface area contributed by atoms with Crippen molar-refractivity contribution in [1.29, 1.82) is 0 Å². The molecule has 0 bridgehead atoms. The Balaban J connectivity index is 2.00. The lowest BCUT2D eigenvalue weighted by molar-refractivity contribution is -0.121. The molecule has 0 spiro atoms. The maximum absolute atomic E-state index is 12.2. The number of amides is 1. The van der Waals surface area contributed by atoms with Gasteiger partial charge in [0, 0.05) is 6.54 Å². The summed E-state index contributed by atoms with van der Waals surface area (Å²) in [7, 11) is 0. The fraction of sp³-hybridized carbons (Fsp3) is 0.429. The van der Waals surface area contributed by atoms with Gasteiger partial charge < -0.3 is 11.1 Å². The van der Waals surface area contributed by atoms with E-state index < -0.39 is 5.92 Å². The second-order valence-electron chi connectivity index (χ2n) is 4.79. The molecule has 0 aromatic heterocycles. The van der Waals surface area contributed by atoms with Gasteiger partial charge in [-0.2, -0.15) is 0 Å². The Morgan fingerprint density at radius 1 is 1.39 bits per heavy atom. The van der Waals surface area contributed by atoms with E-state index in [1.165, 1.54) is 19.3 Å². The number of rotatable bonds is 5. The molecule has 0 saturated heterocycles. The molecular formula is C14H18N2OS. The van der Waals surface area contributed by atoms with E-state index in [1.807, 2.05) is 30.3 Å². The molecule has 0 heterocycles. The van der Waals surface area contributed by atoms with E-state index in [0.29, 0.717) is 5.92 Å². The first kappa shape index (κ1) is 13.0. The quantitative estimate of drug-likeness (QED) is 0.798. The van der Waals surface area contributed by atoms with Crippen LogP contribution in [0.4, 0.5) is 0 Å². The van der Waals surface area contributed by atoms with Crippen LogP contribution in [0.3, 0.4) is 0 Å². The minimum atomic E-state index is -0.513. The molecule has 0 radical (unpaired) electrons. The van der Waals surface area contributed by atoms with Crippen LogP contribution in [0, 0.1) is 5.92 Å². The molecular weight excluding hydrogens is 244 g/mol. The summed E-state index contributed by atoms with van der Waals surface area (Å²) in [6, 6.07) is 9.45. The van der Waals surface area contributed by atoms with Crippen LogP contribution in [0.5, 0.6) is 0 Å². The standard InChI is InChI=1S/C14H18N2OS/c15-13(18)12(11-7-2-1-3-8-11)14(17)16-9-10-5-4-6-10/h1-3,7-8,10,12H,4-6,9H2,(H2,15,18)(H,16,17). The lowest BCUT2D eigenvalue weighted by Gasteiger charge is -2.26. The van der Waals surface area contributed by atoms with Crippen LogP contribution in [0.2, 0.25) is 0 Å². The van der Waals surface area contributed by atoms with E-state index in [-0.39, 0.29) is 10.9 Å². The minimum absolute atomic E-state index is 0.0828. The molecule has 1 unspecified atom stereocenters. The number of hydrogen-bond acceptors (Lipinski definition) is 2. The van der Waals surface area contributed by atoms with Crippen LogP contribution < -0.4 is 11.1 Å². The molecule has 1 atom stereocenters. The van der Waals surface area contributed by atoms with E-state index in [4.69, 9.17) is 18.0 Å². The highest BCUT2D eigenvalue weighted by molar-refractivity contribution is 7.80. The molecule has 1 aromatic carbocycles. The predicted molar refractivity (Wildman–Crippen MR) is 76.3 cm³/mol. The van der Waals surface area contributed by atoms with Crippen LogP contribution in [0.15, 0.2) is 30.3 Å². The molecule has 18 heavy (non-hydrogen) atoms. The summed E-state index contributed by atoms with van der Waals surface area (Å²) in [6.45, 7) is 0.741. The number of nitrogens with two attached hydrogens (primary N) is 1. The lowest BCUT2D eigenvalue weighted by atomic mass is 9.85. The Labute approximate surface area is 113 Å². The SMILES string of the molecule is NC(=S)C(C(=O)NCC1CCC1)c1ccccc1. The summed E-state index contributed by atoms with van der Waals surface area (Å²) in [6.07, 6.45) is 3.70. The first-order chi connectivity index (χ1) is 8.68. The fourth-order valence-corrected chi connectivity index (χ4v) is 2.38. The van der Waals surface area contributed by atoms with Crippen molar-refractivity contribution < 1.29 is 4.79 Å². The minimum Gasteiger partial charge on any atom is -0.392 e. The number of thiocarbonyl (C=S) groups is 1. The third kappa shape index (κ3) is 3.07. The number of hydrogen-bond donors (Lipinski definition) is 2. The molecule has 4 heteroatoms. The lowest BCUT2D eigenvalue weighted by Crippen LogP contribution is -2.39. The second-order valence-corrected chi connectivity index (χ2v) is 5.26. The van der Waals surface area contributed by atoms with Crippen molar-refractivity contribution in [2.45, 2.75) is 25.2 Å². The van der Waals surface area contributed by atoms with Crippen molar-refractivity contribution in [1.82, 2.24) is 5.32 Å². The molecule has 1 aliphatic rings. The molecule has 0 aliphatic heterocycles. The van der Waals surface area contributed by atoms with E-state index in [9.17, 15) is 4.79 Å². The maximum Gasteiger partial charge on any atom is 0.234 e. The molecule has 96 valence electrons. The summed E-state index contributed by atoms with van der Waals surface area (Å²) >= 11 is 5.01. The molecule has 3 nitrogen and oxygen atoms in total. The third-order valence-electron chi connectivity index (χ3n) is 3.47. The van der Waals surface area contributed by atoms with Gasteiger partial charge in [-0.05, 0) is 24.3 Å². The largest absolute Gasteiger partial charge is 0.392 e. The van der Waals surface area contributed by atoms with Gasteiger partial charge in [-0.3, -0.25) is 4.79 Å². The van der Waals surface area contributed by atoms with Gasteiger partial charge >= 0.3 is 0 Å². The fourth-order valence-electron chi connectivity index (χ4n) is 2.13. The number of carbonyl (C=O) groups excluding carboxylic acids is 1. The highest BCUT2D eigenvalue weighted by Crippen LogP contribution is 2.25. The third-order valence-corrected chi connectivity index (χ3v) is 3.71. The van der Waals surface area contributed by atoms with Gasteiger partial charge in [-0.15, -0.1) is 0 Å². The van der Waals surface area contributed by atoms with Crippen LogP contribution in [-0.2, 0) is 4.79 Å². The maximum atomic E-state index is 12.2. The van der Waals surface area contributed by atoms with Gasteiger partial charge in [-0.1, -0.05) is 49.0 Å². The zero-order valence-corrected chi connectivity index (χ0v) is 11.1. The average molecular weight is 262 g/mol. The Hall–Kier alpha value is -1.42.